The van der Waals surface area contributed by atoms with Gasteiger partial charge in [-0.3, -0.25) is 14.6 Å². The maximum Gasteiger partial charge on any atom is 0.279 e. The standard InChI is InChI=1S/C30H22N4O2/c1-31-29(35)23-18-25-27(19-9-4-2-5-10-19)28(20-11-6-3-7-12-20)33-34(25)30(36)26(23)22-14-15-24-21(17-22)13-8-16-32-24/h2-17H,18H2,1H3,(H,31,35). The predicted octanol–water partition coefficient (Wildman–Crippen LogP) is 5.16. The molecule has 1 N–H and O–H groups in total. The van der Waals surface area contributed by atoms with Crippen LogP contribution in [0.1, 0.15) is 16.1 Å². The molecule has 6 rings (SSSR count). The van der Waals surface area contributed by atoms with Crippen molar-refractivity contribution in [3.05, 3.63) is 114 Å². The van der Waals surface area contributed by atoms with E-state index in [0.29, 0.717) is 28.1 Å². The number of allylic oxidation sites excluding steroid dienone is 1. The Balaban J connectivity index is 1.60. The Hall–Kier alpha value is -4.84. The topological polar surface area (TPSA) is 76.9 Å². The molecule has 36 heavy (non-hydrogen) atoms. The summed E-state index contributed by atoms with van der Waals surface area (Å²) in [6.45, 7) is 0. The van der Waals surface area contributed by atoms with Crippen molar-refractivity contribution in [2.24, 2.45) is 0 Å². The molecule has 6 heteroatoms. The van der Waals surface area contributed by atoms with Crippen molar-refractivity contribution in [2.75, 3.05) is 7.05 Å². The minimum Gasteiger partial charge on any atom is -0.355 e. The Kier molecular flexibility index (Phi) is 5.26. The van der Waals surface area contributed by atoms with Gasteiger partial charge in [-0.25, -0.2) is 0 Å². The van der Waals surface area contributed by atoms with Gasteiger partial charge in [-0.2, -0.15) is 9.78 Å². The van der Waals surface area contributed by atoms with Crippen molar-refractivity contribution in [3.63, 3.8) is 0 Å². The van der Waals surface area contributed by atoms with E-state index in [1.54, 1.807) is 13.2 Å². The summed E-state index contributed by atoms with van der Waals surface area (Å²) in [6, 6.07) is 29.1. The van der Waals surface area contributed by atoms with Gasteiger partial charge in [0, 0.05) is 41.8 Å². The highest BCUT2D eigenvalue weighted by molar-refractivity contribution is 6.28. The van der Waals surface area contributed by atoms with E-state index in [-0.39, 0.29) is 18.2 Å². The number of hydrogen-bond acceptors (Lipinski definition) is 4. The summed E-state index contributed by atoms with van der Waals surface area (Å²) in [5, 5.41) is 8.45. The Labute approximate surface area is 207 Å². The number of aromatic nitrogens is 3. The fraction of sp³-hybridized carbons (Fsp3) is 0.0667. The maximum atomic E-state index is 14.1. The van der Waals surface area contributed by atoms with Crippen LogP contribution in [0.25, 0.3) is 38.9 Å². The monoisotopic (exact) mass is 470 g/mol. The Morgan fingerprint density at radius 2 is 1.58 bits per heavy atom. The van der Waals surface area contributed by atoms with Crippen LogP contribution in [0.5, 0.6) is 0 Å². The zero-order chi connectivity index (χ0) is 24.6. The number of likely N-dealkylation sites (N-methyl/N-ethyl adjacent to an activating group) is 1. The van der Waals surface area contributed by atoms with Crippen LogP contribution in [0, 0.1) is 0 Å². The number of carbonyl (C=O) groups is 2. The van der Waals surface area contributed by atoms with E-state index < -0.39 is 0 Å². The van der Waals surface area contributed by atoms with E-state index in [0.717, 1.165) is 27.6 Å². The van der Waals surface area contributed by atoms with Gasteiger partial charge in [0.2, 0.25) is 5.91 Å². The van der Waals surface area contributed by atoms with E-state index in [4.69, 9.17) is 5.10 Å². The fourth-order valence-corrected chi connectivity index (χ4v) is 4.85. The van der Waals surface area contributed by atoms with E-state index in [1.165, 1.54) is 4.68 Å². The van der Waals surface area contributed by atoms with Crippen molar-refractivity contribution in [2.45, 2.75) is 6.42 Å². The summed E-state index contributed by atoms with van der Waals surface area (Å²) in [6.07, 6.45) is 2.01. The average molecular weight is 471 g/mol. The summed E-state index contributed by atoms with van der Waals surface area (Å²) in [7, 11) is 1.58. The fourth-order valence-electron chi connectivity index (χ4n) is 4.85. The van der Waals surface area contributed by atoms with Crippen LogP contribution in [0.3, 0.4) is 0 Å². The summed E-state index contributed by atoms with van der Waals surface area (Å²) < 4.78 is 1.47. The maximum absolute atomic E-state index is 14.1. The molecule has 174 valence electrons. The van der Waals surface area contributed by atoms with E-state index in [1.807, 2.05) is 91.0 Å². The number of rotatable bonds is 4. The highest BCUT2D eigenvalue weighted by atomic mass is 16.2. The van der Waals surface area contributed by atoms with Crippen LogP contribution < -0.4 is 5.32 Å². The van der Waals surface area contributed by atoms with Crippen LogP contribution in [-0.4, -0.2) is 33.6 Å². The van der Waals surface area contributed by atoms with Crippen LogP contribution in [0.15, 0.2) is 103 Å². The SMILES string of the molecule is CNC(=O)C1=C(c2ccc3ncccc3c2)C(=O)n2nc(-c3ccccc3)c(-c3ccccc3)c2C1. The third-order valence-electron chi connectivity index (χ3n) is 6.54. The van der Waals surface area contributed by atoms with Gasteiger partial charge in [0.25, 0.3) is 5.91 Å². The first-order valence-corrected chi connectivity index (χ1v) is 11.7. The second kappa shape index (κ2) is 8.74. The molecule has 0 atom stereocenters. The number of nitrogens with zero attached hydrogens (tertiary/aromatic N) is 3. The van der Waals surface area contributed by atoms with Crippen molar-refractivity contribution >= 4 is 28.3 Å². The molecule has 5 aromatic rings. The lowest BCUT2D eigenvalue weighted by molar-refractivity contribution is -0.117. The Morgan fingerprint density at radius 1 is 0.861 bits per heavy atom. The summed E-state index contributed by atoms with van der Waals surface area (Å²) in [4.78, 5) is 31.6. The van der Waals surface area contributed by atoms with Crippen molar-refractivity contribution in [3.8, 4) is 22.4 Å². The number of fused-ring (bicyclic) bond motifs is 2. The van der Waals surface area contributed by atoms with Gasteiger partial charge in [0.1, 0.15) is 5.69 Å². The quantitative estimate of drug-likeness (QED) is 0.394. The molecule has 0 aliphatic carbocycles. The number of nitrogens with one attached hydrogen (secondary N) is 1. The minimum absolute atomic E-state index is 0.274. The number of pyridine rings is 1. The van der Waals surface area contributed by atoms with Gasteiger partial charge in [-0.15, -0.1) is 0 Å². The van der Waals surface area contributed by atoms with E-state index in [9.17, 15) is 9.59 Å². The van der Waals surface area contributed by atoms with Crippen LogP contribution in [0.4, 0.5) is 0 Å². The minimum atomic E-state index is -0.322. The van der Waals surface area contributed by atoms with Gasteiger partial charge in [0.05, 0.1) is 16.8 Å². The second-order valence-corrected chi connectivity index (χ2v) is 8.64. The second-order valence-electron chi connectivity index (χ2n) is 8.64. The van der Waals surface area contributed by atoms with Gasteiger partial charge in [-0.1, -0.05) is 72.8 Å². The van der Waals surface area contributed by atoms with Gasteiger partial charge in [0.15, 0.2) is 0 Å². The predicted molar refractivity (Wildman–Crippen MR) is 140 cm³/mol. The van der Waals surface area contributed by atoms with Gasteiger partial charge >= 0.3 is 0 Å². The zero-order valence-electron chi connectivity index (χ0n) is 19.6. The number of hydrogen-bond donors (Lipinski definition) is 1. The molecule has 1 aliphatic rings. The normalized spacial score (nSPS) is 13.1. The first kappa shape index (κ1) is 21.7. The molecule has 1 amide bonds. The lowest BCUT2D eigenvalue weighted by Crippen LogP contribution is -2.31. The summed E-state index contributed by atoms with van der Waals surface area (Å²) in [5.74, 6) is -0.602. The molecule has 1 aliphatic heterocycles. The number of amides is 1. The third-order valence-corrected chi connectivity index (χ3v) is 6.54. The molecule has 3 aromatic carbocycles. The molecule has 0 spiro atoms. The van der Waals surface area contributed by atoms with Crippen LogP contribution in [-0.2, 0) is 11.2 Å². The first-order chi connectivity index (χ1) is 17.7. The van der Waals surface area contributed by atoms with E-state index >= 15 is 0 Å². The van der Waals surface area contributed by atoms with Crippen LogP contribution in [0.2, 0.25) is 0 Å². The molecule has 0 saturated heterocycles. The molecular weight excluding hydrogens is 448 g/mol. The average Bonchev–Trinajstić information content (AvgIpc) is 3.33. The zero-order valence-corrected chi connectivity index (χ0v) is 19.6. The van der Waals surface area contributed by atoms with Crippen molar-refractivity contribution in [1.82, 2.24) is 20.1 Å². The van der Waals surface area contributed by atoms with Gasteiger partial charge < -0.3 is 5.32 Å². The number of benzene rings is 3. The Morgan fingerprint density at radius 3 is 2.31 bits per heavy atom. The van der Waals surface area contributed by atoms with Crippen LogP contribution >= 0.6 is 0 Å². The third kappa shape index (κ3) is 3.51. The lowest BCUT2D eigenvalue weighted by Gasteiger charge is -2.21. The summed E-state index contributed by atoms with van der Waals surface area (Å²) >= 11 is 0. The molecule has 0 unspecified atom stereocenters. The summed E-state index contributed by atoms with van der Waals surface area (Å²) in [5.41, 5.74) is 6.41. The molecule has 6 nitrogen and oxygen atoms in total. The van der Waals surface area contributed by atoms with Crippen molar-refractivity contribution in [1.29, 1.82) is 0 Å². The molecule has 0 fully saturated rings. The van der Waals surface area contributed by atoms with E-state index in [2.05, 4.69) is 10.3 Å². The number of carbonyl (C=O) groups excluding carboxylic acids is 2. The highest BCUT2D eigenvalue weighted by Crippen LogP contribution is 2.40. The van der Waals surface area contributed by atoms with Crippen molar-refractivity contribution < 1.29 is 9.59 Å². The smallest absolute Gasteiger partial charge is 0.279 e. The molecular formula is C30H22N4O2. The molecule has 0 bridgehead atoms. The van der Waals surface area contributed by atoms with Gasteiger partial charge in [-0.05, 0) is 29.3 Å². The largest absolute Gasteiger partial charge is 0.355 e. The highest BCUT2D eigenvalue weighted by Gasteiger charge is 2.35. The first-order valence-electron chi connectivity index (χ1n) is 11.7. The molecule has 2 aromatic heterocycles. The Bertz CT molecular complexity index is 1670. The molecule has 3 heterocycles. The molecule has 0 saturated carbocycles. The lowest BCUT2D eigenvalue weighted by atomic mass is 9.89. The molecule has 0 radical (unpaired) electrons.